The molecule has 3 atom stereocenters. The number of ether oxygens (including phenoxy) is 1. The van der Waals surface area contributed by atoms with Crippen LogP contribution in [0.1, 0.15) is 24.9 Å². The molecule has 3 heterocycles. The van der Waals surface area contributed by atoms with E-state index in [1.54, 1.807) is 4.68 Å². The second-order valence-electron chi connectivity index (χ2n) is 5.54. The molecule has 2 aliphatic heterocycles. The lowest BCUT2D eigenvalue weighted by Gasteiger charge is -2.37. The average molecular weight is 295 g/mol. The largest absolute Gasteiger partial charge is 0.378 e. The highest BCUT2D eigenvalue weighted by molar-refractivity contribution is 7.99. The standard InChI is InChI=1S/C14H21N3O2S/c1-10-12(3-5-19-10)14(18)17-4-6-20-9-13(17)11-7-15-16(2)8-11/h7-8,10,12-13H,3-6,9H2,1-2H3. The van der Waals surface area contributed by atoms with E-state index in [1.807, 2.05) is 43.0 Å². The van der Waals surface area contributed by atoms with Crippen molar-refractivity contribution in [1.82, 2.24) is 14.7 Å². The van der Waals surface area contributed by atoms with E-state index in [1.165, 1.54) is 0 Å². The van der Waals surface area contributed by atoms with Crippen molar-refractivity contribution in [3.63, 3.8) is 0 Å². The van der Waals surface area contributed by atoms with Crippen LogP contribution in [0.4, 0.5) is 0 Å². The van der Waals surface area contributed by atoms with Crippen LogP contribution in [-0.4, -0.2) is 51.3 Å². The highest BCUT2D eigenvalue weighted by atomic mass is 32.2. The Morgan fingerprint density at radius 1 is 1.55 bits per heavy atom. The van der Waals surface area contributed by atoms with E-state index >= 15 is 0 Å². The fourth-order valence-electron chi connectivity index (χ4n) is 3.02. The van der Waals surface area contributed by atoms with Gasteiger partial charge in [-0.2, -0.15) is 16.9 Å². The van der Waals surface area contributed by atoms with Gasteiger partial charge in [0.2, 0.25) is 5.91 Å². The lowest BCUT2D eigenvalue weighted by atomic mass is 9.99. The highest BCUT2D eigenvalue weighted by Crippen LogP contribution is 2.33. The molecule has 0 aromatic carbocycles. The summed E-state index contributed by atoms with van der Waals surface area (Å²) in [5, 5.41) is 4.24. The summed E-state index contributed by atoms with van der Waals surface area (Å²) in [6.07, 6.45) is 4.80. The molecule has 3 unspecified atom stereocenters. The molecule has 5 nitrogen and oxygen atoms in total. The van der Waals surface area contributed by atoms with Crippen molar-refractivity contribution >= 4 is 17.7 Å². The van der Waals surface area contributed by atoms with Crippen molar-refractivity contribution in [2.75, 3.05) is 24.7 Å². The minimum absolute atomic E-state index is 0.0253. The number of amides is 1. The van der Waals surface area contributed by atoms with Crippen LogP contribution in [0, 0.1) is 5.92 Å². The molecule has 3 rings (SSSR count). The number of rotatable bonds is 2. The lowest BCUT2D eigenvalue weighted by Crippen LogP contribution is -2.45. The summed E-state index contributed by atoms with van der Waals surface area (Å²) in [6.45, 7) is 3.54. The Labute approximate surface area is 123 Å². The van der Waals surface area contributed by atoms with Gasteiger partial charge in [-0.1, -0.05) is 0 Å². The average Bonchev–Trinajstić information content (AvgIpc) is 3.07. The fraction of sp³-hybridized carbons (Fsp3) is 0.714. The molecule has 1 aromatic heterocycles. The molecule has 0 N–H and O–H groups in total. The molecule has 6 heteroatoms. The van der Waals surface area contributed by atoms with Gasteiger partial charge >= 0.3 is 0 Å². The number of hydrogen-bond donors (Lipinski definition) is 0. The first-order valence-electron chi connectivity index (χ1n) is 7.15. The van der Waals surface area contributed by atoms with E-state index < -0.39 is 0 Å². The zero-order chi connectivity index (χ0) is 14.1. The van der Waals surface area contributed by atoms with Gasteiger partial charge in [-0.25, -0.2) is 0 Å². The SMILES string of the molecule is CC1OCCC1C(=O)N1CCSCC1c1cnn(C)c1. The molecule has 0 radical (unpaired) electrons. The Kier molecular flexibility index (Phi) is 4.03. The summed E-state index contributed by atoms with van der Waals surface area (Å²) in [5.41, 5.74) is 1.14. The van der Waals surface area contributed by atoms with Gasteiger partial charge in [0.25, 0.3) is 0 Å². The van der Waals surface area contributed by atoms with Gasteiger partial charge in [-0.05, 0) is 13.3 Å². The van der Waals surface area contributed by atoms with Crippen molar-refractivity contribution in [1.29, 1.82) is 0 Å². The number of carbonyl (C=O) groups excluding carboxylic acids is 1. The van der Waals surface area contributed by atoms with Crippen LogP contribution in [0.2, 0.25) is 0 Å². The minimum Gasteiger partial charge on any atom is -0.378 e. The molecule has 20 heavy (non-hydrogen) atoms. The van der Waals surface area contributed by atoms with E-state index in [2.05, 4.69) is 5.10 Å². The van der Waals surface area contributed by atoms with E-state index in [0.29, 0.717) is 6.61 Å². The Morgan fingerprint density at radius 3 is 3.05 bits per heavy atom. The quantitative estimate of drug-likeness (QED) is 0.829. The third-order valence-electron chi connectivity index (χ3n) is 4.21. The third kappa shape index (κ3) is 2.59. The second-order valence-corrected chi connectivity index (χ2v) is 6.69. The molecular formula is C14H21N3O2S. The molecular weight excluding hydrogens is 274 g/mol. The Morgan fingerprint density at radius 2 is 2.40 bits per heavy atom. The molecule has 2 fully saturated rings. The Hall–Kier alpha value is -1.01. The Balaban J connectivity index is 1.80. The third-order valence-corrected chi connectivity index (χ3v) is 5.24. The van der Waals surface area contributed by atoms with E-state index in [4.69, 9.17) is 4.74 Å². The van der Waals surface area contributed by atoms with Crippen molar-refractivity contribution in [2.24, 2.45) is 13.0 Å². The van der Waals surface area contributed by atoms with Crippen molar-refractivity contribution in [3.8, 4) is 0 Å². The number of aryl methyl sites for hydroxylation is 1. The van der Waals surface area contributed by atoms with E-state index in [9.17, 15) is 4.79 Å². The first kappa shape index (κ1) is 13.9. The summed E-state index contributed by atoms with van der Waals surface area (Å²) >= 11 is 1.91. The summed E-state index contributed by atoms with van der Waals surface area (Å²) in [4.78, 5) is 14.9. The molecule has 0 spiro atoms. The van der Waals surface area contributed by atoms with Gasteiger partial charge in [0.05, 0.1) is 24.3 Å². The summed E-state index contributed by atoms with van der Waals surface area (Å²) in [5.74, 6) is 2.26. The normalized spacial score (nSPS) is 30.7. The van der Waals surface area contributed by atoms with Gasteiger partial charge in [-0.3, -0.25) is 9.48 Å². The molecule has 2 saturated heterocycles. The smallest absolute Gasteiger partial charge is 0.228 e. The van der Waals surface area contributed by atoms with E-state index in [0.717, 1.165) is 30.0 Å². The zero-order valence-electron chi connectivity index (χ0n) is 12.0. The number of thioether (sulfide) groups is 1. The summed E-state index contributed by atoms with van der Waals surface area (Å²) in [6, 6.07) is 0.155. The fourth-order valence-corrected chi connectivity index (χ4v) is 4.11. The minimum atomic E-state index is 0.0253. The first-order chi connectivity index (χ1) is 9.66. The number of nitrogens with zero attached hydrogens (tertiary/aromatic N) is 3. The van der Waals surface area contributed by atoms with Crippen LogP contribution in [-0.2, 0) is 16.6 Å². The predicted molar refractivity (Wildman–Crippen MR) is 78.5 cm³/mol. The van der Waals surface area contributed by atoms with Gasteiger partial charge in [-0.15, -0.1) is 0 Å². The molecule has 1 amide bonds. The number of carbonyl (C=O) groups is 1. The van der Waals surface area contributed by atoms with Gasteiger partial charge < -0.3 is 9.64 Å². The lowest BCUT2D eigenvalue weighted by molar-refractivity contribution is -0.139. The number of hydrogen-bond acceptors (Lipinski definition) is 4. The molecule has 1 aromatic rings. The van der Waals surface area contributed by atoms with Crippen LogP contribution < -0.4 is 0 Å². The Bertz CT molecular complexity index is 491. The van der Waals surface area contributed by atoms with Crippen molar-refractivity contribution < 1.29 is 9.53 Å². The molecule has 0 aliphatic carbocycles. The van der Waals surface area contributed by atoms with Gasteiger partial charge in [0.15, 0.2) is 0 Å². The first-order valence-corrected chi connectivity index (χ1v) is 8.30. The molecule has 2 aliphatic rings. The monoisotopic (exact) mass is 295 g/mol. The van der Waals surface area contributed by atoms with Crippen LogP contribution in [0.25, 0.3) is 0 Å². The van der Waals surface area contributed by atoms with E-state index in [-0.39, 0.29) is 24.0 Å². The van der Waals surface area contributed by atoms with Gasteiger partial charge in [0, 0.05) is 43.5 Å². The maximum absolute atomic E-state index is 12.8. The summed E-state index contributed by atoms with van der Waals surface area (Å²) < 4.78 is 7.36. The van der Waals surface area contributed by atoms with Crippen LogP contribution in [0.3, 0.4) is 0 Å². The maximum Gasteiger partial charge on any atom is 0.228 e. The van der Waals surface area contributed by atoms with Crippen LogP contribution in [0.15, 0.2) is 12.4 Å². The maximum atomic E-state index is 12.8. The van der Waals surface area contributed by atoms with Gasteiger partial charge in [0.1, 0.15) is 0 Å². The number of aromatic nitrogens is 2. The second kappa shape index (κ2) is 5.77. The highest BCUT2D eigenvalue weighted by Gasteiger charge is 2.38. The zero-order valence-corrected chi connectivity index (χ0v) is 12.8. The topological polar surface area (TPSA) is 47.4 Å². The molecule has 110 valence electrons. The van der Waals surface area contributed by atoms with Crippen LogP contribution >= 0.6 is 11.8 Å². The predicted octanol–water partition coefficient (Wildman–Crippen LogP) is 1.46. The van der Waals surface area contributed by atoms with Crippen LogP contribution in [0.5, 0.6) is 0 Å². The van der Waals surface area contributed by atoms with Crippen molar-refractivity contribution in [2.45, 2.75) is 25.5 Å². The van der Waals surface area contributed by atoms with Crippen molar-refractivity contribution in [3.05, 3.63) is 18.0 Å². The summed E-state index contributed by atoms with van der Waals surface area (Å²) in [7, 11) is 1.92. The molecule has 0 bridgehead atoms. The molecule has 0 saturated carbocycles.